The third-order valence-electron chi connectivity index (χ3n) is 6.26. The van der Waals surface area contributed by atoms with Crippen LogP contribution in [0.3, 0.4) is 0 Å². The van der Waals surface area contributed by atoms with Crippen molar-refractivity contribution in [1.82, 2.24) is 15.7 Å². The van der Waals surface area contributed by atoms with Gasteiger partial charge in [0.15, 0.2) is 0 Å². The van der Waals surface area contributed by atoms with Gasteiger partial charge < -0.3 is 10.3 Å². The Morgan fingerprint density at radius 2 is 1.78 bits per heavy atom. The van der Waals surface area contributed by atoms with Crippen LogP contribution in [0.15, 0.2) is 60.9 Å². The molecule has 3 aromatic rings. The Balaban J connectivity index is 1.50. The molecular weight excluding hydrogens is 400 g/mol. The number of quaternary nitrogens is 1. The predicted molar refractivity (Wildman–Crippen MR) is 127 cm³/mol. The standard InChI is InChI=1S/C26H32N4O2/c1-19(2)15-24(28-25(31)23-10-9-21-7-3-4-8-22(21)16-23)26(32)29-30(13-5-6-14-30)18-20-11-12-27-17-20/h3-4,7-12,16-17,19,24,27H,5-6,13-15,18H2,1-2H3,(H-,28,29,31,32)/p+1/t24-/m0/s1. The lowest BCUT2D eigenvalue weighted by Gasteiger charge is -2.34. The highest BCUT2D eigenvalue weighted by atomic mass is 16.2. The molecule has 1 aliphatic heterocycles. The number of hydrogen-bond acceptors (Lipinski definition) is 2. The zero-order chi connectivity index (χ0) is 22.6. The lowest BCUT2D eigenvalue weighted by Crippen LogP contribution is -2.62. The van der Waals surface area contributed by atoms with Gasteiger partial charge in [0.2, 0.25) is 0 Å². The van der Waals surface area contributed by atoms with Crippen LogP contribution < -0.4 is 10.7 Å². The molecule has 0 saturated carbocycles. The summed E-state index contributed by atoms with van der Waals surface area (Å²) in [6.45, 7) is 6.71. The van der Waals surface area contributed by atoms with Crippen molar-refractivity contribution in [2.24, 2.45) is 5.92 Å². The van der Waals surface area contributed by atoms with Gasteiger partial charge in [-0.3, -0.25) is 9.59 Å². The Labute approximate surface area is 189 Å². The quantitative estimate of drug-likeness (QED) is 0.467. The molecule has 1 aromatic heterocycles. The van der Waals surface area contributed by atoms with Gasteiger partial charge in [-0.05, 0) is 41.3 Å². The molecule has 4 rings (SSSR count). The molecule has 0 aliphatic carbocycles. The van der Waals surface area contributed by atoms with Crippen LogP contribution in [0.5, 0.6) is 0 Å². The maximum Gasteiger partial charge on any atom is 0.287 e. The van der Waals surface area contributed by atoms with Gasteiger partial charge in [-0.25, -0.2) is 4.59 Å². The van der Waals surface area contributed by atoms with Gasteiger partial charge >= 0.3 is 0 Å². The molecule has 1 fully saturated rings. The molecule has 0 radical (unpaired) electrons. The second-order valence-electron chi connectivity index (χ2n) is 9.37. The second-order valence-corrected chi connectivity index (χ2v) is 9.37. The van der Waals surface area contributed by atoms with E-state index in [1.54, 1.807) is 0 Å². The zero-order valence-electron chi connectivity index (χ0n) is 18.9. The fraction of sp³-hybridized carbons (Fsp3) is 0.385. The average Bonchev–Trinajstić information content (AvgIpc) is 3.45. The van der Waals surface area contributed by atoms with Gasteiger partial charge in [-0.1, -0.05) is 44.2 Å². The van der Waals surface area contributed by atoms with Crippen LogP contribution in [0, 0.1) is 5.92 Å². The molecule has 6 nitrogen and oxygen atoms in total. The van der Waals surface area contributed by atoms with Crippen molar-refractivity contribution in [2.45, 2.75) is 45.7 Å². The number of carbonyl (C=O) groups is 2. The summed E-state index contributed by atoms with van der Waals surface area (Å²) in [5.74, 6) is -0.0419. The smallest absolute Gasteiger partial charge is 0.287 e. The van der Waals surface area contributed by atoms with E-state index in [4.69, 9.17) is 0 Å². The molecule has 3 N–H and O–H groups in total. The summed E-state index contributed by atoms with van der Waals surface area (Å²) in [4.78, 5) is 29.6. The van der Waals surface area contributed by atoms with E-state index < -0.39 is 6.04 Å². The predicted octanol–water partition coefficient (Wildman–Crippen LogP) is 4.15. The van der Waals surface area contributed by atoms with Crippen molar-refractivity contribution in [3.63, 3.8) is 0 Å². The Kier molecular flexibility index (Phi) is 6.61. The summed E-state index contributed by atoms with van der Waals surface area (Å²) >= 11 is 0. The summed E-state index contributed by atoms with van der Waals surface area (Å²) in [5.41, 5.74) is 5.04. The first-order chi connectivity index (χ1) is 15.4. The summed E-state index contributed by atoms with van der Waals surface area (Å²) in [6.07, 6.45) is 6.66. The number of H-pyrrole nitrogens is 1. The second kappa shape index (κ2) is 9.57. The first kappa shape index (κ1) is 22.1. The molecule has 2 aromatic carbocycles. The van der Waals surface area contributed by atoms with E-state index in [2.05, 4.69) is 35.6 Å². The van der Waals surface area contributed by atoms with Crippen molar-refractivity contribution in [2.75, 3.05) is 13.1 Å². The van der Waals surface area contributed by atoms with Gasteiger partial charge in [0.1, 0.15) is 25.7 Å². The van der Waals surface area contributed by atoms with Crippen molar-refractivity contribution in [1.29, 1.82) is 0 Å². The van der Waals surface area contributed by atoms with Crippen LogP contribution in [-0.4, -0.2) is 40.5 Å². The summed E-state index contributed by atoms with van der Waals surface area (Å²) in [5, 5.41) is 5.11. The van der Waals surface area contributed by atoms with Gasteiger partial charge in [-0.2, -0.15) is 5.43 Å². The number of hydrogen-bond donors (Lipinski definition) is 3. The van der Waals surface area contributed by atoms with E-state index in [1.807, 2.05) is 54.9 Å². The van der Waals surface area contributed by atoms with E-state index in [-0.39, 0.29) is 17.7 Å². The van der Waals surface area contributed by atoms with E-state index in [9.17, 15) is 9.59 Å². The summed E-state index contributed by atoms with van der Waals surface area (Å²) < 4.78 is 0.539. The molecule has 1 aliphatic rings. The number of benzene rings is 2. The van der Waals surface area contributed by atoms with Crippen LogP contribution in [0.1, 0.15) is 49.0 Å². The minimum Gasteiger partial charge on any atom is -0.367 e. The molecule has 0 bridgehead atoms. The highest BCUT2D eigenvalue weighted by Crippen LogP contribution is 2.21. The van der Waals surface area contributed by atoms with Gasteiger partial charge in [0, 0.05) is 36.4 Å². The van der Waals surface area contributed by atoms with Crippen molar-refractivity contribution >= 4 is 22.6 Å². The maximum absolute atomic E-state index is 13.4. The molecule has 1 saturated heterocycles. The fourth-order valence-corrected chi connectivity index (χ4v) is 4.64. The van der Waals surface area contributed by atoms with Crippen LogP contribution in [-0.2, 0) is 11.3 Å². The molecular formula is C26H33N4O2+. The number of aromatic nitrogens is 1. The van der Waals surface area contributed by atoms with Crippen molar-refractivity contribution in [3.8, 4) is 0 Å². The topological polar surface area (TPSA) is 74.0 Å². The van der Waals surface area contributed by atoms with Gasteiger partial charge in [-0.15, -0.1) is 0 Å². The minimum atomic E-state index is -0.573. The third-order valence-corrected chi connectivity index (χ3v) is 6.26. The number of nitrogens with zero attached hydrogens (tertiary/aromatic N) is 1. The van der Waals surface area contributed by atoms with E-state index in [0.29, 0.717) is 16.6 Å². The van der Waals surface area contributed by atoms with E-state index in [0.717, 1.165) is 43.2 Å². The molecule has 168 valence electrons. The lowest BCUT2D eigenvalue weighted by molar-refractivity contribution is -0.963. The van der Waals surface area contributed by atoms with Crippen molar-refractivity contribution in [3.05, 3.63) is 72.1 Å². The van der Waals surface area contributed by atoms with Crippen LogP contribution >= 0.6 is 0 Å². The summed E-state index contributed by atoms with van der Waals surface area (Å²) in [7, 11) is 0. The minimum absolute atomic E-state index is 0.106. The number of aromatic amines is 1. The molecule has 2 amide bonds. The van der Waals surface area contributed by atoms with Crippen LogP contribution in [0.4, 0.5) is 0 Å². The molecule has 6 heteroatoms. The first-order valence-electron chi connectivity index (χ1n) is 11.5. The third kappa shape index (κ3) is 5.19. The number of amides is 2. The first-order valence-corrected chi connectivity index (χ1v) is 11.5. The lowest BCUT2D eigenvalue weighted by atomic mass is 10.0. The molecule has 2 heterocycles. The molecule has 32 heavy (non-hydrogen) atoms. The Morgan fingerprint density at radius 3 is 2.47 bits per heavy atom. The van der Waals surface area contributed by atoms with E-state index >= 15 is 0 Å². The maximum atomic E-state index is 13.4. The van der Waals surface area contributed by atoms with Crippen molar-refractivity contribution < 1.29 is 14.2 Å². The number of likely N-dealkylation sites (tertiary alicyclic amines) is 1. The van der Waals surface area contributed by atoms with Gasteiger partial charge in [0.25, 0.3) is 11.8 Å². The zero-order valence-corrected chi connectivity index (χ0v) is 18.9. The summed E-state index contributed by atoms with van der Waals surface area (Å²) in [6, 6.07) is 15.1. The largest absolute Gasteiger partial charge is 0.367 e. The number of rotatable bonds is 8. The molecule has 1 atom stereocenters. The van der Waals surface area contributed by atoms with Crippen LogP contribution in [0.2, 0.25) is 0 Å². The number of nitrogens with one attached hydrogen (secondary N) is 3. The highest BCUT2D eigenvalue weighted by Gasteiger charge is 2.37. The number of carbonyl (C=O) groups excluding carboxylic acids is 2. The number of fused-ring (bicyclic) bond motifs is 1. The Bertz CT molecular complexity index is 1070. The Morgan fingerprint density at radius 1 is 1.03 bits per heavy atom. The molecule has 0 unspecified atom stereocenters. The average molecular weight is 434 g/mol. The normalized spacial score (nSPS) is 16.2. The molecule has 0 spiro atoms. The highest BCUT2D eigenvalue weighted by molar-refractivity contribution is 6.00. The SMILES string of the molecule is CC(C)C[C@H](NC(=O)c1ccc2ccccc2c1)C(=O)N[N+]1(Cc2cc[nH]c2)CCCC1. The van der Waals surface area contributed by atoms with E-state index in [1.165, 1.54) is 5.56 Å². The fourth-order valence-electron chi connectivity index (χ4n) is 4.64. The monoisotopic (exact) mass is 433 g/mol. The van der Waals surface area contributed by atoms with Gasteiger partial charge in [0.05, 0.1) is 0 Å². The Hall–Kier alpha value is -3.12. The van der Waals surface area contributed by atoms with Crippen LogP contribution in [0.25, 0.3) is 10.8 Å².